The zero-order valence-corrected chi connectivity index (χ0v) is 11.6. The minimum Gasteiger partial charge on any atom is -0.375 e. The van der Waals surface area contributed by atoms with Crippen LogP contribution in [0, 0.1) is 5.92 Å². The highest BCUT2D eigenvalue weighted by atomic mass is 16.5. The molecular weight excluding hydrogens is 200 g/mol. The summed E-state index contributed by atoms with van der Waals surface area (Å²) in [7, 11) is 0. The van der Waals surface area contributed by atoms with Gasteiger partial charge in [0.2, 0.25) is 0 Å². The predicted octanol–water partition coefficient (Wildman–Crippen LogP) is 3.98. The molecule has 0 aromatic carbocycles. The van der Waals surface area contributed by atoms with Crippen molar-refractivity contribution in [1.82, 2.24) is 0 Å². The van der Waals surface area contributed by atoms with E-state index in [-0.39, 0.29) is 11.5 Å². The van der Waals surface area contributed by atoms with Crippen LogP contribution in [0.2, 0.25) is 0 Å². The normalized spacial score (nSPS) is 13.8. The second-order valence-electron chi connectivity index (χ2n) is 4.88. The molecule has 0 N–H and O–H groups in total. The summed E-state index contributed by atoms with van der Waals surface area (Å²) < 4.78 is 5.84. The Hall–Kier alpha value is -0.370. The van der Waals surface area contributed by atoms with Gasteiger partial charge >= 0.3 is 0 Å². The maximum atomic E-state index is 11.6. The zero-order chi connectivity index (χ0) is 12.6. The van der Waals surface area contributed by atoms with Crippen molar-refractivity contribution in [2.75, 3.05) is 6.61 Å². The molecule has 0 bridgehead atoms. The third-order valence-electron chi connectivity index (χ3n) is 3.68. The third-order valence-corrected chi connectivity index (χ3v) is 3.68. The monoisotopic (exact) mass is 228 g/mol. The Morgan fingerprint density at radius 2 is 1.81 bits per heavy atom. The number of hydrogen-bond acceptors (Lipinski definition) is 2. The summed E-state index contributed by atoms with van der Waals surface area (Å²) in [5, 5.41) is 0. The molecule has 16 heavy (non-hydrogen) atoms. The molecule has 2 heteroatoms. The number of ketones is 1. The molecule has 0 saturated heterocycles. The van der Waals surface area contributed by atoms with E-state index in [0.29, 0.717) is 18.8 Å². The van der Waals surface area contributed by atoms with Crippen molar-refractivity contribution >= 4 is 5.78 Å². The molecule has 0 amide bonds. The van der Waals surface area contributed by atoms with Gasteiger partial charge < -0.3 is 4.74 Å². The van der Waals surface area contributed by atoms with Gasteiger partial charge in [-0.05, 0) is 32.6 Å². The number of carbonyl (C=O) groups is 1. The highest BCUT2D eigenvalue weighted by Gasteiger charge is 2.19. The van der Waals surface area contributed by atoms with Gasteiger partial charge in [0, 0.05) is 18.9 Å². The second kappa shape index (κ2) is 7.83. The highest BCUT2D eigenvalue weighted by molar-refractivity contribution is 5.80. The van der Waals surface area contributed by atoms with E-state index in [1.165, 1.54) is 0 Å². The lowest BCUT2D eigenvalue weighted by Gasteiger charge is -2.27. The van der Waals surface area contributed by atoms with Crippen LogP contribution in [-0.4, -0.2) is 18.0 Å². The van der Waals surface area contributed by atoms with Crippen LogP contribution in [0.25, 0.3) is 0 Å². The minimum absolute atomic E-state index is 0.000575. The van der Waals surface area contributed by atoms with Crippen LogP contribution < -0.4 is 0 Å². The predicted molar refractivity (Wildman–Crippen MR) is 68.6 cm³/mol. The van der Waals surface area contributed by atoms with Crippen LogP contribution in [0.5, 0.6) is 0 Å². The van der Waals surface area contributed by atoms with Gasteiger partial charge in [-0.1, -0.05) is 27.7 Å². The van der Waals surface area contributed by atoms with Crippen molar-refractivity contribution in [3.05, 3.63) is 0 Å². The molecule has 0 heterocycles. The molecule has 1 atom stereocenters. The van der Waals surface area contributed by atoms with Crippen LogP contribution in [0.1, 0.15) is 66.7 Å². The number of Topliss-reactive ketones (excluding diaryl/α,β-unsaturated/α-hetero) is 1. The quantitative estimate of drug-likeness (QED) is 0.558. The Bertz CT molecular complexity index is 195. The van der Waals surface area contributed by atoms with E-state index >= 15 is 0 Å². The molecule has 0 aromatic rings. The second-order valence-corrected chi connectivity index (χ2v) is 4.88. The summed E-state index contributed by atoms with van der Waals surface area (Å²) in [5.74, 6) is 0.588. The van der Waals surface area contributed by atoms with Crippen molar-refractivity contribution in [3.63, 3.8) is 0 Å². The van der Waals surface area contributed by atoms with Crippen molar-refractivity contribution in [2.45, 2.75) is 72.3 Å². The summed E-state index contributed by atoms with van der Waals surface area (Å²) in [6, 6.07) is 0. The van der Waals surface area contributed by atoms with Gasteiger partial charge in [-0.25, -0.2) is 0 Å². The molecule has 0 aliphatic rings. The van der Waals surface area contributed by atoms with Gasteiger partial charge in [0.05, 0.1) is 5.60 Å². The first-order chi connectivity index (χ1) is 7.49. The first-order valence-corrected chi connectivity index (χ1v) is 6.65. The SMILES string of the molecule is CCC(C)C(=O)CCCOC(C)(CC)CC. The standard InChI is InChI=1S/C14H28O2/c1-6-12(4)13(15)10-9-11-16-14(5,7-2)8-3/h12H,6-11H2,1-5H3. The Balaban J connectivity index is 3.71. The molecule has 0 aromatic heterocycles. The lowest BCUT2D eigenvalue weighted by Crippen LogP contribution is -2.27. The fourth-order valence-electron chi connectivity index (χ4n) is 1.49. The first-order valence-electron chi connectivity index (χ1n) is 6.65. The van der Waals surface area contributed by atoms with E-state index in [4.69, 9.17) is 4.74 Å². The van der Waals surface area contributed by atoms with Crippen molar-refractivity contribution < 1.29 is 9.53 Å². The average Bonchev–Trinajstić information content (AvgIpc) is 2.32. The van der Waals surface area contributed by atoms with Gasteiger partial charge in [-0.15, -0.1) is 0 Å². The van der Waals surface area contributed by atoms with Gasteiger partial charge in [-0.3, -0.25) is 4.79 Å². The maximum Gasteiger partial charge on any atom is 0.135 e. The fraction of sp³-hybridized carbons (Fsp3) is 0.929. The van der Waals surface area contributed by atoms with Gasteiger partial charge in [0.15, 0.2) is 0 Å². The fourth-order valence-corrected chi connectivity index (χ4v) is 1.49. The van der Waals surface area contributed by atoms with Crippen molar-refractivity contribution in [1.29, 1.82) is 0 Å². The smallest absolute Gasteiger partial charge is 0.135 e. The number of hydrogen-bond donors (Lipinski definition) is 0. The van der Waals surface area contributed by atoms with Gasteiger partial charge in [-0.2, -0.15) is 0 Å². The average molecular weight is 228 g/mol. The Morgan fingerprint density at radius 1 is 1.25 bits per heavy atom. The van der Waals surface area contributed by atoms with Crippen LogP contribution in [0.15, 0.2) is 0 Å². The number of carbonyl (C=O) groups excluding carboxylic acids is 1. The van der Waals surface area contributed by atoms with Crippen molar-refractivity contribution in [2.24, 2.45) is 5.92 Å². The van der Waals surface area contributed by atoms with E-state index in [1.807, 2.05) is 6.92 Å². The van der Waals surface area contributed by atoms with Crippen LogP contribution >= 0.6 is 0 Å². The topological polar surface area (TPSA) is 26.3 Å². The molecule has 1 unspecified atom stereocenters. The van der Waals surface area contributed by atoms with Gasteiger partial charge in [0.1, 0.15) is 5.78 Å². The molecule has 0 rings (SSSR count). The summed E-state index contributed by atoms with van der Waals surface area (Å²) in [5.41, 5.74) is -0.000575. The van der Waals surface area contributed by atoms with Crippen LogP contribution in [0.3, 0.4) is 0 Å². The van der Waals surface area contributed by atoms with Crippen molar-refractivity contribution in [3.8, 4) is 0 Å². The largest absolute Gasteiger partial charge is 0.375 e. The molecule has 0 aliphatic carbocycles. The Morgan fingerprint density at radius 3 is 2.25 bits per heavy atom. The molecule has 0 spiro atoms. The molecular formula is C14H28O2. The van der Waals surface area contributed by atoms with Gasteiger partial charge in [0.25, 0.3) is 0 Å². The van der Waals surface area contributed by atoms with E-state index in [2.05, 4.69) is 27.7 Å². The minimum atomic E-state index is -0.000575. The van der Waals surface area contributed by atoms with E-state index in [9.17, 15) is 4.79 Å². The lowest BCUT2D eigenvalue weighted by atomic mass is 9.99. The van der Waals surface area contributed by atoms with E-state index in [0.717, 1.165) is 25.7 Å². The van der Waals surface area contributed by atoms with E-state index in [1.54, 1.807) is 0 Å². The molecule has 0 aliphatic heterocycles. The zero-order valence-electron chi connectivity index (χ0n) is 11.6. The molecule has 0 saturated carbocycles. The summed E-state index contributed by atoms with van der Waals surface area (Å²) in [4.78, 5) is 11.6. The summed E-state index contributed by atoms with van der Waals surface area (Å²) in [6.45, 7) is 11.2. The Labute approximate surface area is 101 Å². The van der Waals surface area contributed by atoms with E-state index < -0.39 is 0 Å². The summed E-state index contributed by atoms with van der Waals surface area (Å²) >= 11 is 0. The number of ether oxygens (including phenoxy) is 1. The summed E-state index contributed by atoms with van der Waals surface area (Å²) in [6.07, 6.45) is 4.53. The van der Waals surface area contributed by atoms with Crippen LogP contribution in [-0.2, 0) is 9.53 Å². The molecule has 96 valence electrons. The van der Waals surface area contributed by atoms with Crippen LogP contribution in [0.4, 0.5) is 0 Å². The molecule has 2 nitrogen and oxygen atoms in total. The molecule has 0 radical (unpaired) electrons. The molecule has 0 fully saturated rings. The maximum absolute atomic E-state index is 11.6. The Kier molecular flexibility index (Phi) is 7.65. The first kappa shape index (κ1) is 15.6. The third kappa shape index (κ3) is 5.64. The highest BCUT2D eigenvalue weighted by Crippen LogP contribution is 2.19. The lowest BCUT2D eigenvalue weighted by molar-refractivity contribution is -0.123. The number of rotatable bonds is 9.